The molecular weight excluding hydrogens is 208 g/mol. The summed E-state index contributed by atoms with van der Waals surface area (Å²) in [6.07, 6.45) is 2.88. The van der Waals surface area contributed by atoms with Crippen LogP contribution >= 0.6 is 0 Å². The fourth-order valence-corrected chi connectivity index (χ4v) is 1.02. The highest BCUT2D eigenvalue weighted by atomic mass is 16.2. The standard InChI is InChI=1S/C10H16N4O2/c1-7(2)3-11-9(15)6-12-10(16)8-4-13-14-5-8/h4-5,7H,3,6H2,1-2H3,(H,11,15)(H,12,16)(H,13,14). The highest BCUT2D eigenvalue weighted by Crippen LogP contribution is 1.92. The van der Waals surface area contributed by atoms with Crippen molar-refractivity contribution in [3.05, 3.63) is 18.0 Å². The van der Waals surface area contributed by atoms with Crippen molar-refractivity contribution in [3.63, 3.8) is 0 Å². The molecule has 0 saturated carbocycles. The lowest BCUT2D eigenvalue weighted by Gasteiger charge is -2.07. The zero-order valence-corrected chi connectivity index (χ0v) is 9.41. The van der Waals surface area contributed by atoms with Crippen LogP contribution in [-0.2, 0) is 4.79 Å². The van der Waals surface area contributed by atoms with Crippen LogP contribution in [0.5, 0.6) is 0 Å². The van der Waals surface area contributed by atoms with Crippen LogP contribution in [-0.4, -0.2) is 35.1 Å². The molecule has 0 aromatic carbocycles. The summed E-state index contributed by atoms with van der Waals surface area (Å²) in [5, 5.41) is 11.4. The second-order valence-electron chi connectivity index (χ2n) is 3.87. The second-order valence-corrected chi connectivity index (χ2v) is 3.87. The minimum Gasteiger partial charge on any atom is -0.354 e. The SMILES string of the molecule is CC(C)CNC(=O)CNC(=O)c1cn[nH]c1. The summed E-state index contributed by atoms with van der Waals surface area (Å²) in [5.74, 6) is -0.104. The lowest BCUT2D eigenvalue weighted by atomic mass is 10.2. The van der Waals surface area contributed by atoms with Crippen LogP contribution < -0.4 is 10.6 Å². The van der Waals surface area contributed by atoms with E-state index in [1.54, 1.807) is 0 Å². The topological polar surface area (TPSA) is 86.9 Å². The molecule has 3 N–H and O–H groups in total. The van der Waals surface area contributed by atoms with Crippen LogP contribution in [0.3, 0.4) is 0 Å². The maximum absolute atomic E-state index is 11.4. The lowest BCUT2D eigenvalue weighted by Crippen LogP contribution is -2.38. The van der Waals surface area contributed by atoms with Crippen LogP contribution in [0.15, 0.2) is 12.4 Å². The Balaban J connectivity index is 2.24. The van der Waals surface area contributed by atoms with E-state index in [0.717, 1.165) is 0 Å². The number of rotatable bonds is 5. The monoisotopic (exact) mass is 224 g/mol. The van der Waals surface area contributed by atoms with E-state index in [1.165, 1.54) is 12.4 Å². The van der Waals surface area contributed by atoms with E-state index in [-0.39, 0.29) is 18.4 Å². The van der Waals surface area contributed by atoms with Gasteiger partial charge in [0.25, 0.3) is 5.91 Å². The maximum Gasteiger partial charge on any atom is 0.254 e. The van der Waals surface area contributed by atoms with Gasteiger partial charge in [-0.05, 0) is 5.92 Å². The van der Waals surface area contributed by atoms with Crippen molar-refractivity contribution in [1.82, 2.24) is 20.8 Å². The number of hydrogen-bond acceptors (Lipinski definition) is 3. The summed E-state index contributed by atoms with van der Waals surface area (Å²) in [6, 6.07) is 0. The minimum absolute atomic E-state index is 0.0171. The van der Waals surface area contributed by atoms with Crippen molar-refractivity contribution in [3.8, 4) is 0 Å². The van der Waals surface area contributed by atoms with E-state index in [2.05, 4.69) is 20.8 Å². The number of aromatic amines is 1. The number of hydrogen-bond donors (Lipinski definition) is 3. The number of nitrogens with zero attached hydrogens (tertiary/aromatic N) is 1. The fourth-order valence-electron chi connectivity index (χ4n) is 1.02. The smallest absolute Gasteiger partial charge is 0.254 e. The molecule has 0 aliphatic carbocycles. The second kappa shape index (κ2) is 5.89. The number of carbonyl (C=O) groups is 2. The third kappa shape index (κ3) is 4.12. The van der Waals surface area contributed by atoms with Gasteiger partial charge in [-0.1, -0.05) is 13.8 Å². The molecule has 0 saturated heterocycles. The number of aromatic nitrogens is 2. The zero-order valence-electron chi connectivity index (χ0n) is 9.41. The first-order valence-corrected chi connectivity index (χ1v) is 5.13. The molecular formula is C10H16N4O2. The van der Waals surface area contributed by atoms with Gasteiger partial charge in [-0.3, -0.25) is 14.7 Å². The molecule has 1 rings (SSSR count). The van der Waals surface area contributed by atoms with E-state index in [0.29, 0.717) is 18.0 Å². The minimum atomic E-state index is -0.312. The van der Waals surface area contributed by atoms with Gasteiger partial charge in [-0.2, -0.15) is 5.10 Å². The molecule has 0 aliphatic rings. The van der Waals surface area contributed by atoms with Gasteiger partial charge in [0.2, 0.25) is 5.91 Å². The summed E-state index contributed by atoms with van der Waals surface area (Å²) < 4.78 is 0. The van der Waals surface area contributed by atoms with E-state index < -0.39 is 0 Å². The van der Waals surface area contributed by atoms with E-state index in [1.807, 2.05) is 13.8 Å². The Morgan fingerprint density at radius 1 is 1.44 bits per heavy atom. The van der Waals surface area contributed by atoms with Gasteiger partial charge < -0.3 is 10.6 Å². The van der Waals surface area contributed by atoms with Gasteiger partial charge in [-0.25, -0.2) is 0 Å². The number of carbonyl (C=O) groups excluding carboxylic acids is 2. The first kappa shape index (κ1) is 12.2. The Kier molecular flexibility index (Phi) is 4.50. The Labute approximate surface area is 93.8 Å². The summed E-state index contributed by atoms with van der Waals surface area (Å²) >= 11 is 0. The molecule has 0 spiro atoms. The predicted octanol–water partition coefficient (Wildman–Crippen LogP) is -0.0883. The molecule has 16 heavy (non-hydrogen) atoms. The van der Waals surface area contributed by atoms with Gasteiger partial charge in [0.15, 0.2) is 0 Å². The quantitative estimate of drug-likeness (QED) is 0.653. The first-order chi connectivity index (χ1) is 7.59. The van der Waals surface area contributed by atoms with Crippen molar-refractivity contribution in [2.45, 2.75) is 13.8 Å². The van der Waals surface area contributed by atoms with Gasteiger partial charge in [0.1, 0.15) is 0 Å². The molecule has 0 fully saturated rings. The predicted molar refractivity (Wildman–Crippen MR) is 58.8 cm³/mol. The van der Waals surface area contributed by atoms with Crippen molar-refractivity contribution < 1.29 is 9.59 Å². The fraction of sp³-hybridized carbons (Fsp3) is 0.500. The van der Waals surface area contributed by atoms with Gasteiger partial charge in [0.05, 0.1) is 18.3 Å². The molecule has 0 aliphatic heterocycles. The molecule has 0 bridgehead atoms. The van der Waals surface area contributed by atoms with Crippen molar-refractivity contribution in [2.75, 3.05) is 13.1 Å². The van der Waals surface area contributed by atoms with Gasteiger partial charge >= 0.3 is 0 Å². The van der Waals surface area contributed by atoms with Crippen LogP contribution in [0.25, 0.3) is 0 Å². The van der Waals surface area contributed by atoms with Crippen LogP contribution in [0.1, 0.15) is 24.2 Å². The van der Waals surface area contributed by atoms with E-state index >= 15 is 0 Å². The third-order valence-electron chi connectivity index (χ3n) is 1.88. The van der Waals surface area contributed by atoms with Crippen molar-refractivity contribution in [2.24, 2.45) is 5.92 Å². The molecule has 0 radical (unpaired) electrons. The number of nitrogens with one attached hydrogen (secondary N) is 3. The molecule has 1 aromatic heterocycles. The van der Waals surface area contributed by atoms with Crippen LogP contribution in [0.4, 0.5) is 0 Å². The van der Waals surface area contributed by atoms with Gasteiger partial charge in [0, 0.05) is 12.7 Å². The average Bonchev–Trinajstić information content (AvgIpc) is 2.76. The third-order valence-corrected chi connectivity index (χ3v) is 1.88. The average molecular weight is 224 g/mol. The largest absolute Gasteiger partial charge is 0.354 e. The zero-order chi connectivity index (χ0) is 12.0. The molecule has 0 unspecified atom stereocenters. The van der Waals surface area contributed by atoms with Crippen LogP contribution in [0.2, 0.25) is 0 Å². The maximum atomic E-state index is 11.4. The number of H-pyrrole nitrogens is 1. The molecule has 0 atom stereocenters. The first-order valence-electron chi connectivity index (χ1n) is 5.13. The summed E-state index contributed by atoms with van der Waals surface area (Å²) in [6.45, 7) is 4.60. The molecule has 1 aromatic rings. The highest BCUT2D eigenvalue weighted by molar-refractivity contribution is 5.95. The lowest BCUT2D eigenvalue weighted by molar-refractivity contribution is -0.120. The Morgan fingerprint density at radius 2 is 2.19 bits per heavy atom. The van der Waals surface area contributed by atoms with Crippen LogP contribution in [0, 0.1) is 5.92 Å². The summed E-state index contributed by atoms with van der Waals surface area (Å²) in [4.78, 5) is 22.7. The van der Waals surface area contributed by atoms with Crippen molar-refractivity contribution >= 4 is 11.8 Å². The molecule has 88 valence electrons. The van der Waals surface area contributed by atoms with E-state index in [9.17, 15) is 9.59 Å². The highest BCUT2D eigenvalue weighted by Gasteiger charge is 2.08. The Morgan fingerprint density at radius 3 is 2.75 bits per heavy atom. The summed E-state index contributed by atoms with van der Waals surface area (Å²) in [5.41, 5.74) is 0.414. The molecule has 6 nitrogen and oxygen atoms in total. The molecule has 2 amide bonds. The molecule has 1 heterocycles. The Hall–Kier alpha value is -1.85. The molecule has 6 heteroatoms. The Bertz CT molecular complexity index is 346. The van der Waals surface area contributed by atoms with Gasteiger partial charge in [-0.15, -0.1) is 0 Å². The normalized spacial score (nSPS) is 10.2. The van der Waals surface area contributed by atoms with Crippen molar-refractivity contribution in [1.29, 1.82) is 0 Å². The van der Waals surface area contributed by atoms with E-state index in [4.69, 9.17) is 0 Å². The summed E-state index contributed by atoms with van der Waals surface area (Å²) in [7, 11) is 0. The number of amides is 2.